The molecule has 2 saturated heterocycles. The molecule has 38 heavy (non-hydrogen) atoms. The monoisotopic (exact) mass is 515 g/mol. The lowest BCUT2D eigenvalue weighted by molar-refractivity contribution is -0.149. The number of piperidine rings is 1. The SMILES string of the molecule is CC(C)N1CCC(c2ccc(-c3cc4c(N5CCN(C(=O)[C@H]6C[C@@](C)(O)C6)CC5)ccnn4c3)cc2)CC1. The number of amides is 1. The molecular formula is C31H41N5O2. The van der Waals surface area contributed by atoms with Crippen molar-refractivity contribution in [3.8, 4) is 11.1 Å². The summed E-state index contributed by atoms with van der Waals surface area (Å²) in [6.45, 7) is 11.8. The van der Waals surface area contributed by atoms with Crippen molar-refractivity contribution >= 4 is 17.1 Å². The van der Waals surface area contributed by atoms with Crippen LogP contribution in [0.25, 0.3) is 16.6 Å². The minimum absolute atomic E-state index is 0.0170. The lowest BCUT2D eigenvalue weighted by atomic mass is 9.71. The molecule has 2 aromatic heterocycles. The maximum Gasteiger partial charge on any atom is 0.226 e. The van der Waals surface area contributed by atoms with Gasteiger partial charge in [-0.2, -0.15) is 5.10 Å². The van der Waals surface area contributed by atoms with Gasteiger partial charge in [0.1, 0.15) is 0 Å². The van der Waals surface area contributed by atoms with Gasteiger partial charge in [-0.25, -0.2) is 4.52 Å². The number of carbonyl (C=O) groups is 1. The summed E-state index contributed by atoms with van der Waals surface area (Å²) in [5, 5.41) is 14.6. The highest BCUT2D eigenvalue weighted by molar-refractivity contribution is 5.82. The fourth-order valence-corrected chi connectivity index (χ4v) is 6.72. The van der Waals surface area contributed by atoms with E-state index in [4.69, 9.17) is 0 Å². The van der Waals surface area contributed by atoms with E-state index in [1.54, 1.807) is 0 Å². The predicted molar refractivity (Wildman–Crippen MR) is 151 cm³/mol. The number of piperazine rings is 1. The Balaban J connectivity index is 1.12. The van der Waals surface area contributed by atoms with Gasteiger partial charge in [0.05, 0.1) is 16.8 Å². The Morgan fingerprint density at radius 1 is 0.974 bits per heavy atom. The van der Waals surface area contributed by atoms with Crippen molar-refractivity contribution in [2.24, 2.45) is 5.92 Å². The third-order valence-electron chi connectivity index (χ3n) is 9.12. The minimum atomic E-state index is -0.664. The Labute approximate surface area is 226 Å². The summed E-state index contributed by atoms with van der Waals surface area (Å²) in [4.78, 5) is 19.8. The van der Waals surface area contributed by atoms with Gasteiger partial charge in [-0.15, -0.1) is 0 Å². The second-order valence-electron chi connectivity index (χ2n) is 12.2. The zero-order valence-corrected chi connectivity index (χ0v) is 23.0. The first-order chi connectivity index (χ1) is 18.3. The first-order valence-electron chi connectivity index (χ1n) is 14.4. The molecule has 0 spiro atoms. The molecule has 1 aromatic carbocycles. The van der Waals surface area contributed by atoms with E-state index in [1.807, 2.05) is 22.5 Å². The van der Waals surface area contributed by atoms with E-state index in [0.29, 0.717) is 24.8 Å². The lowest BCUT2D eigenvalue weighted by Crippen LogP contribution is -2.54. The molecule has 1 N–H and O–H groups in total. The first-order valence-corrected chi connectivity index (χ1v) is 14.4. The molecule has 3 fully saturated rings. The zero-order valence-electron chi connectivity index (χ0n) is 23.0. The van der Waals surface area contributed by atoms with E-state index in [2.05, 4.69) is 71.3 Å². The van der Waals surface area contributed by atoms with Gasteiger partial charge < -0.3 is 19.8 Å². The van der Waals surface area contributed by atoms with Crippen LogP contribution in [0.2, 0.25) is 0 Å². The second-order valence-corrected chi connectivity index (χ2v) is 12.2. The quantitative estimate of drug-likeness (QED) is 0.546. The summed E-state index contributed by atoms with van der Waals surface area (Å²) in [6, 6.07) is 14.1. The number of fused-ring (bicyclic) bond motifs is 1. The first kappa shape index (κ1) is 25.4. The average Bonchev–Trinajstić information content (AvgIpc) is 3.36. The number of rotatable bonds is 5. The Bertz CT molecular complexity index is 1270. The molecule has 1 saturated carbocycles. The van der Waals surface area contributed by atoms with Crippen molar-refractivity contribution in [2.75, 3.05) is 44.2 Å². The molecular weight excluding hydrogens is 474 g/mol. The number of likely N-dealkylation sites (tertiary alicyclic amines) is 1. The van der Waals surface area contributed by atoms with Gasteiger partial charge in [-0.3, -0.25) is 4.79 Å². The van der Waals surface area contributed by atoms with Crippen LogP contribution in [0.1, 0.15) is 57.9 Å². The summed E-state index contributed by atoms with van der Waals surface area (Å²) in [6.07, 6.45) is 7.64. The molecule has 6 rings (SSSR count). The Morgan fingerprint density at radius 2 is 1.66 bits per heavy atom. The van der Waals surface area contributed by atoms with Crippen molar-refractivity contribution < 1.29 is 9.90 Å². The number of aromatic nitrogens is 2. The van der Waals surface area contributed by atoms with Crippen LogP contribution in [-0.2, 0) is 4.79 Å². The molecule has 0 atom stereocenters. The molecule has 4 heterocycles. The predicted octanol–water partition coefficient (Wildman–Crippen LogP) is 4.40. The molecule has 1 amide bonds. The van der Waals surface area contributed by atoms with Gasteiger partial charge >= 0.3 is 0 Å². The summed E-state index contributed by atoms with van der Waals surface area (Å²) in [5.41, 5.74) is 5.45. The molecule has 3 aliphatic rings. The number of benzene rings is 1. The molecule has 7 heteroatoms. The van der Waals surface area contributed by atoms with Crippen LogP contribution in [0.15, 0.2) is 48.8 Å². The van der Waals surface area contributed by atoms with E-state index in [1.165, 1.54) is 48.3 Å². The zero-order chi connectivity index (χ0) is 26.4. The van der Waals surface area contributed by atoms with Crippen molar-refractivity contribution in [1.29, 1.82) is 0 Å². The number of aliphatic hydroxyl groups is 1. The maximum atomic E-state index is 12.8. The van der Waals surface area contributed by atoms with Gasteiger partial charge in [-0.05, 0) is 88.7 Å². The third kappa shape index (κ3) is 4.94. The number of nitrogens with zero attached hydrogens (tertiary/aromatic N) is 5. The number of hydrogen-bond acceptors (Lipinski definition) is 5. The van der Waals surface area contributed by atoms with Crippen molar-refractivity contribution in [3.63, 3.8) is 0 Å². The Hall–Kier alpha value is -2.90. The molecule has 0 bridgehead atoms. The Morgan fingerprint density at radius 3 is 2.29 bits per heavy atom. The maximum absolute atomic E-state index is 12.8. The number of carbonyl (C=O) groups excluding carboxylic acids is 1. The van der Waals surface area contributed by atoms with Crippen molar-refractivity contribution in [1.82, 2.24) is 19.4 Å². The van der Waals surface area contributed by atoms with E-state index in [-0.39, 0.29) is 11.8 Å². The molecule has 1 aliphatic carbocycles. The van der Waals surface area contributed by atoms with Crippen LogP contribution in [-0.4, -0.2) is 81.3 Å². The fraction of sp³-hybridized carbons (Fsp3) is 0.548. The summed E-state index contributed by atoms with van der Waals surface area (Å²) in [5.74, 6) is 0.843. The second kappa shape index (κ2) is 10.0. The Kier molecular flexibility index (Phi) is 6.68. The standard InChI is InChI=1S/C31H41N5O2/c1-22(2)33-12-9-25(10-13-33)23-4-6-24(7-5-23)26-18-29-28(8-11-32-36(29)21-26)34-14-16-35(17-15-34)30(37)27-19-31(3,38)20-27/h4-8,11,18,21-22,25,27,38H,9-10,12-17,19-20H2,1-3H3/t27-,31+. The van der Waals surface area contributed by atoms with E-state index in [9.17, 15) is 9.90 Å². The molecule has 0 radical (unpaired) electrons. The van der Waals surface area contributed by atoms with Crippen LogP contribution in [0.3, 0.4) is 0 Å². The fourth-order valence-electron chi connectivity index (χ4n) is 6.72. The van der Waals surface area contributed by atoms with Crippen LogP contribution < -0.4 is 4.90 Å². The van der Waals surface area contributed by atoms with Gasteiger partial charge in [-0.1, -0.05) is 24.3 Å². The van der Waals surface area contributed by atoms with Crippen LogP contribution in [0, 0.1) is 5.92 Å². The van der Waals surface area contributed by atoms with E-state index >= 15 is 0 Å². The number of hydrogen-bond donors (Lipinski definition) is 1. The van der Waals surface area contributed by atoms with Gasteiger partial charge in [0.25, 0.3) is 0 Å². The van der Waals surface area contributed by atoms with E-state index < -0.39 is 5.60 Å². The molecule has 7 nitrogen and oxygen atoms in total. The molecule has 2 aliphatic heterocycles. The van der Waals surface area contributed by atoms with Gasteiger partial charge in [0.2, 0.25) is 5.91 Å². The highest BCUT2D eigenvalue weighted by atomic mass is 16.3. The molecule has 202 valence electrons. The van der Waals surface area contributed by atoms with E-state index in [0.717, 1.165) is 31.7 Å². The molecule has 0 unspecified atom stereocenters. The van der Waals surface area contributed by atoms with Crippen LogP contribution in [0.4, 0.5) is 5.69 Å². The highest BCUT2D eigenvalue weighted by Crippen LogP contribution is 2.39. The topological polar surface area (TPSA) is 64.3 Å². The van der Waals surface area contributed by atoms with Crippen LogP contribution >= 0.6 is 0 Å². The van der Waals surface area contributed by atoms with Crippen molar-refractivity contribution in [2.45, 2.75) is 64.0 Å². The smallest absolute Gasteiger partial charge is 0.226 e. The summed E-state index contributed by atoms with van der Waals surface area (Å²) < 4.78 is 1.98. The summed E-state index contributed by atoms with van der Waals surface area (Å²) in [7, 11) is 0. The highest BCUT2D eigenvalue weighted by Gasteiger charge is 2.44. The third-order valence-corrected chi connectivity index (χ3v) is 9.12. The van der Waals surface area contributed by atoms with Gasteiger partial charge in [0, 0.05) is 56.1 Å². The average molecular weight is 516 g/mol. The normalized spacial score (nSPS) is 25.2. The van der Waals surface area contributed by atoms with Crippen molar-refractivity contribution in [3.05, 3.63) is 54.4 Å². The lowest BCUT2D eigenvalue weighted by Gasteiger charge is -2.44. The summed E-state index contributed by atoms with van der Waals surface area (Å²) >= 11 is 0. The largest absolute Gasteiger partial charge is 0.390 e. The minimum Gasteiger partial charge on any atom is -0.390 e. The number of anilines is 1. The molecule has 3 aromatic rings. The van der Waals surface area contributed by atoms with Crippen LogP contribution in [0.5, 0.6) is 0 Å². The van der Waals surface area contributed by atoms with Gasteiger partial charge in [0.15, 0.2) is 0 Å².